The van der Waals surface area contributed by atoms with Crippen molar-refractivity contribution in [2.24, 2.45) is 0 Å². The van der Waals surface area contributed by atoms with Crippen LogP contribution in [0.25, 0.3) is 11.4 Å². The summed E-state index contributed by atoms with van der Waals surface area (Å²) in [6.45, 7) is 4.33. The second-order valence-corrected chi connectivity index (χ2v) is 6.91. The molecule has 0 unspecified atom stereocenters. The highest BCUT2D eigenvalue weighted by Gasteiger charge is 2.11. The van der Waals surface area contributed by atoms with E-state index in [0.29, 0.717) is 35.1 Å². The average molecular weight is 426 g/mol. The van der Waals surface area contributed by atoms with Crippen LogP contribution in [0.5, 0.6) is 5.75 Å². The largest absolute Gasteiger partial charge is 0.494 e. The Hall–Kier alpha value is -3.46. The van der Waals surface area contributed by atoms with Crippen molar-refractivity contribution in [2.75, 3.05) is 17.2 Å². The Morgan fingerprint density at radius 2 is 1.83 bits per heavy atom. The van der Waals surface area contributed by atoms with Gasteiger partial charge >= 0.3 is 0 Å². The zero-order valence-corrected chi connectivity index (χ0v) is 17.6. The van der Waals surface area contributed by atoms with Gasteiger partial charge in [0.2, 0.25) is 11.8 Å². The highest BCUT2D eigenvalue weighted by Crippen LogP contribution is 2.21. The minimum atomic E-state index is -0.172. The molecule has 2 amide bonds. The molecule has 3 rings (SSSR count). The topological polar surface area (TPSA) is 101 Å². The van der Waals surface area contributed by atoms with Crippen molar-refractivity contribution in [1.29, 1.82) is 0 Å². The molecule has 0 spiro atoms. The Balaban J connectivity index is 1.66. The molecule has 3 N–H and O–H groups in total. The van der Waals surface area contributed by atoms with E-state index in [2.05, 4.69) is 20.8 Å². The number of hydrogen-bond donors (Lipinski definition) is 3. The molecule has 1 heterocycles. The molecule has 0 aliphatic rings. The predicted octanol–water partition coefficient (Wildman–Crippen LogP) is 3.99. The molecule has 0 bridgehead atoms. The lowest BCUT2D eigenvalue weighted by atomic mass is 10.2. The first-order valence-electron chi connectivity index (χ1n) is 9.52. The number of nitrogens with zero attached hydrogens (tertiary/aromatic N) is 2. The fourth-order valence-corrected chi connectivity index (χ4v) is 3.15. The molecule has 156 valence electrons. The normalized spacial score (nSPS) is 10.5. The van der Waals surface area contributed by atoms with Crippen LogP contribution in [0.3, 0.4) is 0 Å². The Morgan fingerprint density at radius 1 is 1.13 bits per heavy atom. The fraction of sp³-hybridized carbons (Fsp3) is 0.238. The number of ether oxygens (including phenoxy) is 1. The molecule has 3 aromatic rings. The summed E-state index contributed by atoms with van der Waals surface area (Å²) in [5.41, 5.74) is 2.10. The van der Waals surface area contributed by atoms with E-state index in [-0.39, 0.29) is 18.2 Å². The maximum atomic E-state index is 12.4. The highest BCUT2D eigenvalue weighted by atomic mass is 32.1. The van der Waals surface area contributed by atoms with Gasteiger partial charge in [0.25, 0.3) is 0 Å². The third kappa shape index (κ3) is 5.54. The van der Waals surface area contributed by atoms with Crippen molar-refractivity contribution in [2.45, 2.75) is 26.8 Å². The van der Waals surface area contributed by atoms with Crippen LogP contribution in [0.2, 0.25) is 0 Å². The van der Waals surface area contributed by atoms with Crippen LogP contribution >= 0.6 is 12.2 Å². The number of carbonyl (C=O) groups excluding carboxylic acids is 2. The molecule has 8 nitrogen and oxygen atoms in total. The molecule has 9 heteroatoms. The summed E-state index contributed by atoms with van der Waals surface area (Å²) in [7, 11) is 0. The van der Waals surface area contributed by atoms with Gasteiger partial charge in [-0.25, -0.2) is 0 Å². The SMILES string of the molecule is CCOc1ccc(-c2n[nH]c(=S)n2CCC(=O)Nc2cccc(NC(C)=O)c2)cc1. The number of carbonyl (C=O) groups is 2. The number of rotatable bonds is 8. The minimum absolute atomic E-state index is 0.171. The van der Waals surface area contributed by atoms with Crippen LogP contribution in [-0.2, 0) is 16.1 Å². The van der Waals surface area contributed by atoms with Gasteiger partial charge in [-0.3, -0.25) is 19.3 Å². The van der Waals surface area contributed by atoms with Crippen LogP contribution in [0, 0.1) is 4.77 Å². The van der Waals surface area contributed by atoms with E-state index < -0.39 is 0 Å². The van der Waals surface area contributed by atoms with Gasteiger partial charge in [-0.2, -0.15) is 5.10 Å². The van der Waals surface area contributed by atoms with Crippen LogP contribution in [0.1, 0.15) is 20.3 Å². The molecular formula is C21H23N5O3S. The summed E-state index contributed by atoms with van der Waals surface area (Å²) in [5, 5.41) is 12.6. The molecule has 0 saturated carbocycles. The fourth-order valence-electron chi connectivity index (χ4n) is 2.93. The van der Waals surface area contributed by atoms with Crippen molar-refractivity contribution in [3.05, 3.63) is 53.3 Å². The summed E-state index contributed by atoms with van der Waals surface area (Å²) in [6.07, 6.45) is 0.211. The van der Waals surface area contributed by atoms with Gasteiger partial charge in [0.05, 0.1) is 6.61 Å². The number of anilines is 2. The van der Waals surface area contributed by atoms with Gasteiger partial charge in [0.15, 0.2) is 10.6 Å². The number of amides is 2. The van der Waals surface area contributed by atoms with Crippen molar-refractivity contribution in [3.63, 3.8) is 0 Å². The highest BCUT2D eigenvalue weighted by molar-refractivity contribution is 7.71. The lowest BCUT2D eigenvalue weighted by Gasteiger charge is -2.10. The second kappa shape index (κ2) is 9.84. The molecule has 0 aliphatic carbocycles. The number of hydrogen-bond acceptors (Lipinski definition) is 5. The summed E-state index contributed by atoms with van der Waals surface area (Å²) < 4.78 is 7.70. The number of nitrogens with one attached hydrogen (secondary N) is 3. The maximum Gasteiger partial charge on any atom is 0.226 e. The summed E-state index contributed by atoms with van der Waals surface area (Å²) in [5.74, 6) is 1.09. The molecule has 1 aromatic heterocycles. The van der Waals surface area contributed by atoms with E-state index in [4.69, 9.17) is 17.0 Å². The van der Waals surface area contributed by atoms with Crippen molar-refractivity contribution in [3.8, 4) is 17.1 Å². The Labute approximate surface area is 179 Å². The molecule has 0 atom stereocenters. The molecule has 0 fully saturated rings. The monoisotopic (exact) mass is 425 g/mol. The van der Waals surface area contributed by atoms with Crippen molar-refractivity contribution >= 4 is 35.4 Å². The number of aromatic nitrogens is 3. The molecular weight excluding hydrogens is 402 g/mol. The maximum absolute atomic E-state index is 12.4. The molecule has 0 aliphatic heterocycles. The van der Waals surface area contributed by atoms with Gasteiger partial charge in [-0.1, -0.05) is 6.07 Å². The molecule has 0 saturated heterocycles. The van der Waals surface area contributed by atoms with E-state index in [1.165, 1.54) is 6.92 Å². The zero-order chi connectivity index (χ0) is 21.5. The van der Waals surface area contributed by atoms with Gasteiger partial charge in [0, 0.05) is 36.8 Å². The van der Waals surface area contributed by atoms with Crippen molar-refractivity contribution in [1.82, 2.24) is 14.8 Å². The number of H-pyrrole nitrogens is 1. The Kier molecular flexibility index (Phi) is 6.97. The smallest absolute Gasteiger partial charge is 0.226 e. The van der Waals surface area contributed by atoms with Crippen LogP contribution < -0.4 is 15.4 Å². The van der Waals surface area contributed by atoms with Crippen LogP contribution in [0.4, 0.5) is 11.4 Å². The van der Waals surface area contributed by atoms with Crippen molar-refractivity contribution < 1.29 is 14.3 Å². The summed E-state index contributed by atoms with van der Waals surface area (Å²) in [4.78, 5) is 23.6. The molecule has 2 aromatic carbocycles. The standard InChI is InChI=1S/C21H23N5O3S/c1-3-29-18-9-7-15(8-10-18)20-24-25-21(30)26(20)12-11-19(28)23-17-6-4-5-16(13-17)22-14(2)27/h4-10,13H,3,11-12H2,1-2H3,(H,22,27)(H,23,28)(H,25,30). The minimum Gasteiger partial charge on any atom is -0.494 e. The van der Waals surface area contributed by atoms with E-state index in [1.807, 2.05) is 31.2 Å². The van der Waals surface area contributed by atoms with Crippen LogP contribution in [0.15, 0.2) is 48.5 Å². The first-order valence-corrected chi connectivity index (χ1v) is 9.93. The van der Waals surface area contributed by atoms with E-state index >= 15 is 0 Å². The van der Waals surface area contributed by atoms with E-state index in [1.54, 1.807) is 28.8 Å². The zero-order valence-electron chi connectivity index (χ0n) is 16.8. The van der Waals surface area contributed by atoms with E-state index in [9.17, 15) is 9.59 Å². The predicted molar refractivity (Wildman–Crippen MR) is 118 cm³/mol. The van der Waals surface area contributed by atoms with Crippen LogP contribution in [-0.4, -0.2) is 33.2 Å². The Bertz CT molecular complexity index is 1090. The number of benzene rings is 2. The average Bonchev–Trinajstić information content (AvgIpc) is 3.07. The van der Waals surface area contributed by atoms with Gasteiger partial charge in [-0.15, -0.1) is 0 Å². The van der Waals surface area contributed by atoms with Gasteiger partial charge < -0.3 is 15.4 Å². The first kappa shape index (κ1) is 21.3. The lowest BCUT2D eigenvalue weighted by Crippen LogP contribution is -2.15. The third-order valence-electron chi connectivity index (χ3n) is 4.21. The first-order chi connectivity index (χ1) is 14.5. The third-order valence-corrected chi connectivity index (χ3v) is 4.52. The Morgan fingerprint density at radius 3 is 2.50 bits per heavy atom. The summed E-state index contributed by atoms with van der Waals surface area (Å²) >= 11 is 5.33. The van der Waals surface area contributed by atoms with Gasteiger partial charge in [0.1, 0.15) is 5.75 Å². The molecule has 30 heavy (non-hydrogen) atoms. The second-order valence-electron chi connectivity index (χ2n) is 6.52. The van der Waals surface area contributed by atoms with Gasteiger partial charge in [-0.05, 0) is 61.6 Å². The molecule has 0 radical (unpaired) electrons. The van der Waals surface area contributed by atoms with E-state index in [0.717, 1.165) is 11.3 Å². The summed E-state index contributed by atoms with van der Waals surface area (Å²) in [6, 6.07) is 14.5. The quantitative estimate of drug-likeness (QED) is 0.474. The lowest BCUT2D eigenvalue weighted by molar-refractivity contribution is -0.116. The number of aromatic amines is 1.